The lowest BCUT2D eigenvalue weighted by atomic mass is 9.87. The smallest absolute Gasteiger partial charge is 0.267 e. The molecule has 0 bridgehead atoms. The van der Waals surface area contributed by atoms with Crippen LogP contribution < -0.4 is 15.2 Å². The minimum Gasteiger partial charge on any atom is -0.492 e. The Labute approximate surface area is 201 Å². The number of hydrogen-bond acceptors (Lipinski definition) is 6. The van der Waals surface area contributed by atoms with Crippen LogP contribution in [-0.2, 0) is 0 Å². The number of aromatic nitrogens is 3. The SMILES string of the molecule is NC(=O)c1cccc(OCCCCOc2cc3nn(C4CCC(CO)CC4)cc3cc2Br)n1. The minimum atomic E-state index is -0.574. The molecule has 8 nitrogen and oxygen atoms in total. The molecule has 176 valence electrons. The zero-order chi connectivity index (χ0) is 23.2. The van der Waals surface area contributed by atoms with Gasteiger partial charge in [0.15, 0.2) is 0 Å². The number of benzene rings is 1. The molecule has 1 aliphatic rings. The first-order valence-electron chi connectivity index (χ1n) is 11.3. The van der Waals surface area contributed by atoms with Crippen molar-refractivity contribution in [2.45, 2.75) is 44.6 Å². The van der Waals surface area contributed by atoms with Gasteiger partial charge in [-0.1, -0.05) is 6.07 Å². The summed E-state index contributed by atoms with van der Waals surface area (Å²) in [5.74, 6) is 1.02. The Hall–Kier alpha value is -2.65. The first-order chi connectivity index (χ1) is 16.0. The van der Waals surface area contributed by atoms with Crippen LogP contribution in [0.15, 0.2) is 41.0 Å². The highest BCUT2D eigenvalue weighted by Crippen LogP contribution is 2.34. The van der Waals surface area contributed by atoms with Crippen LogP contribution in [0.4, 0.5) is 0 Å². The van der Waals surface area contributed by atoms with Gasteiger partial charge in [0.1, 0.15) is 11.4 Å². The molecule has 0 atom stereocenters. The number of fused-ring (bicyclic) bond motifs is 1. The Morgan fingerprint density at radius 3 is 2.64 bits per heavy atom. The highest BCUT2D eigenvalue weighted by atomic mass is 79.9. The number of halogens is 1. The van der Waals surface area contributed by atoms with Crippen molar-refractivity contribution in [3.63, 3.8) is 0 Å². The van der Waals surface area contributed by atoms with Crippen LogP contribution in [0.25, 0.3) is 10.9 Å². The Kier molecular flexibility index (Phi) is 7.82. The summed E-state index contributed by atoms with van der Waals surface area (Å²) in [6.07, 6.45) is 7.89. The Bertz CT molecular complexity index is 1100. The molecule has 0 saturated heterocycles. The minimum absolute atomic E-state index is 0.191. The number of pyridine rings is 1. The van der Waals surface area contributed by atoms with Crippen molar-refractivity contribution in [3.8, 4) is 11.6 Å². The summed E-state index contributed by atoms with van der Waals surface area (Å²) < 4.78 is 14.6. The van der Waals surface area contributed by atoms with E-state index in [1.807, 2.05) is 12.1 Å². The topological polar surface area (TPSA) is 112 Å². The highest BCUT2D eigenvalue weighted by Gasteiger charge is 2.23. The molecule has 1 aliphatic carbocycles. The molecule has 0 radical (unpaired) electrons. The molecule has 4 rings (SSSR count). The third kappa shape index (κ3) is 6.03. The van der Waals surface area contributed by atoms with Crippen LogP contribution in [0.2, 0.25) is 0 Å². The molecule has 1 aromatic carbocycles. The Balaban J connectivity index is 1.26. The van der Waals surface area contributed by atoms with E-state index in [-0.39, 0.29) is 12.3 Å². The molecule has 2 aromatic heterocycles. The zero-order valence-corrected chi connectivity index (χ0v) is 20.0. The van der Waals surface area contributed by atoms with Gasteiger partial charge in [0.25, 0.3) is 5.91 Å². The third-order valence-corrected chi connectivity index (χ3v) is 6.67. The number of rotatable bonds is 10. The lowest BCUT2D eigenvalue weighted by Gasteiger charge is -2.27. The fraction of sp³-hybridized carbons (Fsp3) is 0.458. The molecular weight excluding hydrogens is 488 g/mol. The number of hydrogen-bond donors (Lipinski definition) is 2. The maximum absolute atomic E-state index is 11.2. The molecule has 1 amide bonds. The molecule has 3 aromatic rings. The summed E-state index contributed by atoms with van der Waals surface area (Å²) in [5, 5.41) is 15.2. The van der Waals surface area contributed by atoms with E-state index in [1.54, 1.807) is 18.2 Å². The summed E-state index contributed by atoms with van der Waals surface area (Å²) >= 11 is 3.61. The van der Waals surface area contributed by atoms with E-state index in [1.165, 1.54) is 0 Å². The van der Waals surface area contributed by atoms with Gasteiger partial charge in [0.05, 0.1) is 29.2 Å². The van der Waals surface area contributed by atoms with Crippen molar-refractivity contribution < 1.29 is 19.4 Å². The predicted octanol–water partition coefficient (Wildman–Crippen LogP) is 4.25. The Morgan fingerprint density at radius 2 is 1.91 bits per heavy atom. The molecule has 0 aliphatic heterocycles. The van der Waals surface area contributed by atoms with E-state index in [2.05, 4.69) is 31.8 Å². The summed E-state index contributed by atoms with van der Waals surface area (Å²) in [5.41, 5.74) is 6.35. The van der Waals surface area contributed by atoms with Crippen molar-refractivity contribution in [1.29, 1.82) is 0 Å². The van der Waals surface area contributed by atoms with E-state index in [0.717, 1.165) is 59.7 Å². The van der Waals surface area contributed by atoms with Crippen LogP contribution in [0.1, 0.15) is 55.1 Å². The maximum Gasteiger partial charge on any atom is 0.267 e. The average Bonchev–Trinajstić information content (AvgIpc) is 3.24. The summed E-state index contributed by atoms with van der Waals surface area (Å²) in [4.78, 5) is 15.3. The summed E-state index contributed by atoms with van der Waals surface area (Å²) in [6.45, 7) is 1.31. The third-order valence-electron chi connectivity index (χ3n) is 6.05. The van der Waals surface area contributed by atoms with E-state index in [0.29, 0.717) is 31.1 Å². The van der Waals surface area contributed by atoms with Gasteiger partial charge in [0.2, 0.25) is 5.88 Å². The van der Waals surface area contributed by atoms with Crippen LogP contribution >= 0.6 is 15.9 Å². The molecule has 0 spiro atoms. The number of amides is 1. The van der Waals surface area contributed by atoms with Crippen molar-refractivity contribution in [1.82, 2.24) is 14.8 Å². The molecule has 33 heavy (non-hydrogen) atoms. The highest BCUT2D eigenvalue weighted by molar-refractivity contribution is 9.10. The second-order valence-corrected chi connectivity index (χ2v) is 9.29. The number of unbranched alkanes of at least 4 members (excludes halogenated alkanes) is 1. The van der Waals surface area contributed by atoms with Crippen molar-refractivity contribution >= 4 is 32.7 Å². The maximum atomic E-state index is 11.2. The number of nitrogens with two attached hydrogens (primary N) is 1. The number of nitrogens with zero attached hydrogens (tertiary/aromatic N) is 3. The van der Waals surface area contributed by atoms with Gasteiger partial charge in [-0.3, -0.25) is 9.48 Å². The number of primary amides is 1. The van der Waals surface area contributed by atoms with Gasteiger partial charge < -0.3 is 20.3 Å². The second-order valence-electron chi connectivity index (χ2n) is 8.44. The van der Waals surface area contributed by atoms with E-state index < -0.39 is 5.91 Å². The predicted molar refractivity (Wildman–Crippen MR) is 128 cm³/mol. The lowest BCUT2D eigenvalue weighted by molar-refractivity contribution is 0.0994. The van der Waals surface area contributed by atoms with Crippen molar-refractivity contribution in [2.75, 3.05) is 19.8 Å². The quantitative estimate of drug-likeness (QED) is 0.389. The number of carbonyl (C=O) groups excluding carboxylic acids is 1. The lowest BCUT2D eigenvalue weighted by Crippen LogP contribution is -2.20. The largest absolute Gasteiger partial charge is 0.492 e. The molecule has 9 heteroatoms. The molecule has 0 unspecified atom stereocenters. The fourth-order valence-electron chi connectivity index (χ4n) is 4.13. The number of ether oxygens (including phenoxy) is 2. The van der Waals surface area contributed by atoms with Crippen LogP contribution in [0, 0.1) is 5.92 Å². The molecule has 1 fully saturated rings. The summed E-state index contributed by atoms with van der Waals surface area (Å²) in [7, 11) is 0. The monoisotopic (exact) mass is 516 g/mol. The van der Waals surface area contributed by atoms with Crippen molar-refractivity contribution in [2.24, 2.45) is 11.7 Å². The van der Waals surface area contributed by atoms with Crippen molar-refractivity contribution in [3.05, 3.63) is 46.7 Å². The van der Waals surface area contributed by atoms with E-state index in [4.69, 9.17) is 20.3 Å². The first-order valence-corrected chi connectivity index (χ1v) is 12.1. The fourth-order valence-corrected chi connectivity index (χ4v) is 4.60. The normalized spacial score (nSPS) is 18.4. The van der Waals surface area contributed by atoms with Gasteiger partial charge in [-0.25, -0.2) is 4.98 Å². The van der Waals surface area contributed by atoms with Crippen LogP contribution in [-0.4, -0.2) is 45.6 Å². The standard InChI is InChI=1S/C24H29BrN4O4/c25-19-12-17-14-29(18-8-6-16(15-30)7-9-18)28-21(17)13-22(19)32-10-1-2-11-33-23-5-3-4-20(27-23)24(26)31/h3-5,12-14,16,18,30H,1-2,6-11,15H2,(H2,26,31). The zero-order valence-electron chi connectivity index (χ0n) is 18.5. The van der Waals surface area contributed by atoms with Gasteiger partial charge >= 0.3 is 0 Å². The van der Waals surface area contributed by atoms with Crippen LogP contribution in [0.3, 0.4) is 0 Å². The molecule has 1 saturated carbocycles. The van der Waals surface area contributed by atoms with Gasteiger partial charge in [-0.05, 0) is 72.5 Å². The first kappa shape index (κ1) is 23.5. The molecule has 2 heterocycles. The van der Waals surface area contributed by atoms with Gasteiger partial charge in [-0.2, -0.15) is 5.10 Å². The van der Waals surface area contributed by atoms with E-state index in [9.17, 15) is 9.90 Å². The molecular formula is C24H29BrN4O4. The van der Waals surface area contributed by atoms with Gasteiger partial charge in [-0.15, -0.1) is 0 Å². The number of aliphatic hydroxyl groups excluding tert-OH is 1. The Morgan fingerprint density at radius 1 is 1.15 bits per heavy atom. The van der Waals surface area contributed by atoms with Crippen LogP contribution in [0.5, 0.6) is 11.6 Å². The average molecular weight is 517 g/mol. The number of carbonyl (C=O) groups is 1. The van der Waals surface area contributed by atoms with Gasteiger partial charge in [0, 0.05) is 30.3 Å². The number of aliphatic hydroxyl groups is 1. The van der Waals surface area contributed by atoms with E-state index >= 15 is 0 Å². The second kappa shape index (κ2) is 11.0. The summed E-state index contributed by atoms with van der Waals surface area (Å²) in [6, 6.07) is 9.37. The molecule has 3 N–H and O–H groups in total.